The number of benzene rings is 1. The molecule has 1 amide bonds. The molecule has 1 aromatic carbocycles. The molecule has 2 fully saturated rings. The Morgan fingerprint density at radius 2 is 1.89 bits per heavy atom. The standard InChI is InChI=1S/C27H41N3O4S/c1-27(2,3)34-26(31)30(4)22-11-9-21(10-12-22)29-17-20-15-18(7-13-23(20)33-5)19-8-14-24-25(16-19)35(24,6,28)32/h7-8,13-16,21-22,24-25,29H,9-12,17H2,1-6H3,(H2,28,32). The molecule has 1 aromatic rings. The second kappa shape index (κ2) is 9.05. The first-order chi connectivity index (χ1) is 16.3. The topological polar surface area (TPSA) is 93.9 Å². The van der Waals surface area contributed by atoms with Gasteiger partial charge in [0.2, 0.25) is 0 Å². The molecule has 2 aliphatic carbocycles. The van der Waals surface area contributed by atoms with Crippen LogP contribution in [0.3, 0.4) is 0 Å². The third-order valence-corrected chi connectivity index (χ3v) is 10.9. The first-order valence-corrected chi connectivity index (χ1v) is 15.0. The molecular formula is C27H41N3O4S. The van der Waals surface area contributed by atoms with Crippen LogP contribution in [0.25, 0.3) is 5.57 Å². The quantitative estimate of drug-likeness (QED) is 0.573. The lowest BCUT2D eigenvalue weighted by Gasteiger charge is -2.36. The summed E-state index contributed by atoms with van der Waals surface area (Å²) in [5, 5.41) is 9.77. The van der Waals surface area contributed by atoms with Crippen LogP contribution in [0.1, 0.15) is 57.6 Å². The Hall–Kier alpha value is -2.16. The van der Waals surface area contributed by atoms with E-state index >= 15 is 0 Å². The summed E-state index contributed by atoms with van der Waals surface area (Å²) < 4.78 is 24.0. The van der Waals surface area contributed by atoms with Crippen LogP contribution in [-0.2, 0) is 20.5 Å². The van der Waals surface area contributed by atoms with Crippen molar-refractivity contribution in [2.24, 2.45) is 5.14 Å². The minimum absolute atomic E-state index is 0.0281. The number of nitrogens with two attached hydrogens (primary N) is 1. The molecule has 0 bridgehead atoms. The third-order valence-electron chi connectivity index (χ3n) is 7.57. The van der Waals surface area contributed by atoms with E-state index in [0.29, 0.717) is 12.6 Å². The summed E-state index contributed by atoms with van der Waals surface area (Å²) >= 11 is 0. The van der Waals surface area contributed by atoms with E-state index in [-0.39, 0.29) is 22.6 Å². The summed E-state index contributed by atoms with van der Waals surface area (Å²) in [5.41, 5.74) is 2.75. The van der Waals surface area contributed by atoms with E-state index in [1.165, 1.54) is 0 Å². The highest BCUT2D eigenvalue weighted by molar-refractivity contribution is 8.25. The number of allylic oxidation sites excluding steroid dienone is 2. The molecule has 194 valence electrons. The van der Waals surface area contributed by atoms with Gasteiger partial charge in [-0.1, -0.05) is 24.3 Å². The van der Waals surface area contributed by atoms with Crippen LogP contribution in [0.2, 0.25) is 0 Å². The van der Waals surface area contributed by atoms with Gasteiger partial charge >= 0.3 is 6.09 Å². The molecule has 2 atom stereocenters. The van der Waals surface area contributed by atoms with Crippen molar-refractivity contribution < 1.29 is 18.5 Å². The van der Waals surface area contributed by atoms with Crippen LogP contribution < -0.4 is 15.2 Å². The lowest BCUT2D eigenvalue weighted by molar-refractivity contribution is 0.0179. The molecule has 1 saturated heterocycles. The molecule has 4 rings (SSSR count). The van der Waals surface area contributed by atoms with Crippen LogP contribution in [0.15, 0.2) is 36.4 Å². The van der Waals surface area contributed by atoms with Gasteiger partial charge in [-0.05, 0) is 79.0 Å². The van der Waals surface area contributed by atoms with Crippen LogP contribution >= 0.6 is 0 Å². The van der Waals surface area contributed by atoms with E-state index in [0.717, 1.165) is 48.1 Å². The zero-order chi connectivity index (χ0) is 25.6. The van der Waals surface area contributed by atoms with Crippen molar-refractivity contribution >= 4 is 20.9 Å². The van der Waals surface area contributed by atoms with Gasteiger partial charge in [-0.15, -0.1) is 0 Å². The molecule has 0 spiro atoms. The Bertz CT molecular complexity index is 1110. The molecule has 35 heavy (non-hydrogen) atoms. The minimum Gasteiger partial charge on any atom is -0.496 e. The van der Waals surface area contributed by atoms with Gasteiger partial charge in [0.05, 0.1) is 17.6 Å². The molecule has 3 N–H and O–H groups in total. The first-order valence-electron chi connectivity index (χ1n) is 12.5. The van der Waals surface area contributed by atoms with E-state index in [1.54, 1.807) is 18.3 Å². The summed E-state index contributed by atoms with van der Waals surface area (Å²) in [5.74, 6) is 0.848. The number of hydrogen-bond acceptors (Lipinski definition) is 5. The van der Waals surface area contributed by atoms with Crippen molar-refractivity contribution in [1.29, 1.82) is 0 Å². The molecular weight excluding hydrogens is 462 g/mol. The smallest absolute Gasteiger partial charge is 0.410 e. The largest absolute Gasteiger partial charge is 0.496 e. The number of amides is 1. The van der Waals surface area contributed by atoms with E-state index in [1.807, 2.05) is 52.1 Å². The van der Waals surface area contributed by atoms with E-state index in [2.05, 4.69) is 17.5 Å². The van der Waals surface area contributed by atoms with Gasteiger partial charge in [-0.3, -0.25) is 9.35 Å². The van der Waals surface area contributed by atoms with Crippen molar-refractivity contribution in [3.05, 3.63) is 47.6 Å². The Morgan fingerprint density at radius 1 is 1.20 bits per heavy atom. The van der Waals surface area contributed by atoms with E-state index in [4.69, 9.17) is 14.6 Å². The lowest BCUT2D eigenvalue weighted by Crippen LogP contribution is -2.44. The van der Waals surface area contributed by atoms with Gasteiger partial charge in [0.25, 0.3) is 0 Å². The number of methoxy groups -OCH3 is 1. The first kappa shape index (κ1) is 25.9. The van der Waals surface area contributed by atoms with Gasteiger partial charge in [0, 0.05) is 37.5 Å². The van der Waals surface area contributed by atoms with Crippen molar-refractivity contribution in [2.45, 2.75) is 81.2 Å². The van der Waals surface area contributed by atoms with E-state index in [9.17, 15) is 9.00 Å². The fraction of sp³-hybridized carbons (Fsp3) is 0.593. The van der Waals surface area contributed by atoms with Crippen molar-refractivity contribution in [1.82, 2.24) is 10.2 Å². The molecule has 1 aliphatic heterocycles. The zero-order valence-electron chi connectivity index (χ0n) is 21.9. The summed E-state index contributed by atoms with van der Waals surface area (Å²) in [6, 6.07) is 6.78. The predicted molar refractivity (Wildman–Crippen MR) is 143 cm³/mol. The third kappa shape index (κ3) is 5.49. The Labute approximate surface area is 209 Å². The molecule has 7 nitrogen and oxygen atoms in total. The second-order valence-electron chi connectivity index (χ2n) is 11.5. The number of carbonyl (C=O) groups excluding carboxylic acids is 1. The average molecular weight is 504 g/mol. The number of fused-ring (bicyclic) bond motifs is 1. The molecule has 2 unspecified atom stereocenters. The van der Waals surface area contributed by atoms with Gasteiger partial charge in [-0.2, -0.15) is 0 Å². The Kier molecular flexibility index (Phi) is 6.70. The normalized spacial score (nSPS) is 29.7. The van der Waals surface area contributed by atoms with Crippen molar-refractivity contribution in [3.63, 3.8) is 0 Å². The monoisotopic (exact) mass is 503 g/mol. The fourth-order valence-electron chi connectivity index (χ4n) is 5.26. The zero-order valence-corrected chi connectivity index (χ0v) is 22.7. The number of ether oxygens (including phenoxy) is 2. The molecule has 3 aliphatic rings. The van der Waals surface area contributed by atoms with Gasteiger partial charge in [0.15, 0.2) is 0 Å². The Morgan fingerprint density at radius 3 is 2.49 bits per heavy atom. The van der Waals surface area contributed by atoms with Crippen molar-refractivity contribution in [3.8, 4) is 5.75 Å². The summed E-state index contributed by atoms with van der Waals surface area (Å²) in [4.78, 5) is 14.2. The molecule has 0 radical (unpaired) electrons. The Balaban J connectivity index is 1.35. The molecule has 1 saturated carbocycles. The van der Waals surface area contributed by atoms with Crippen molar-refractivity contribution in [2.75, 3.05) is 20.4 Å². The minimum atomic E-state index is -3.03. The maximum absolute atomic E-state index is 12.9. The molecule has 8 heteroatoms. The predicted octanol–water partition coefficient (Wildman–Crippen LogP) is 3.99. The van der Waals surface area contributed by atoms with E-state index < -0.39 is 14.9 Å². The highest BCUT2D eigenvalue weighted by Gasteiger charge is 2.63. The van der Waals surface area contributed by atoms with Gasteiger partial charge in [0.1, 0.15) is 11.4 Å². The number of rotatable bonds is 6. The summed E-state index contributed by atoms with van der Waals surface area (Å²) in [7, 11) is 0.498. The highest BCUT2D eigenvalue weighted by atomic mass is 32.3. The number of nitrogens with zero attached hydrogens (tertiary/aromatic N) is 1. The number of hydrogen-bond donors (Lipinski definition) is 2. The summed E-state index contributed by atoms with van der Waals surface area (Å²) in [6.07, 6.45) is 11.5. The number of carbonyl (C=O) groups is 1. The second-order valence-corrected chi connectivity index (χ2v) is 15.7. The van der Waals surface area contributed by atoms with Crippen LogP contribution in [-0.4, -0.2) is 63.8 Å². The fourth-order valence-corrected chi connectivity index (χ4v) is 8.19. The molecule has 0 aromatic heterocycles. The number of nitrogens with one attached hydrogen (secondary N) is 1. The maximum atomic E-state index is 12.9. The van der Waals surface area contributed by atoms with Gasteiger partial charge in [-0.25, -0.2) is 4.79 Å². The highest BCUT2D eigenvalue weighted by Crippen LogP contribution is 2.53. The van der Waals surface area contributed by atoms with Gasteiger partial charge < -0.3 is 19.7 Å². The SMILES string of the molecule is COc1ccc(C2=CC3C(C=C2)S3(C)(N)=O)cc1CNC1CCC(N(C)C(=O)OC(C)(C)C)CC1. The maximum Gasteiger partial charge on any atom is 0.410 e. The molecule has 1 heterocycles. The van der Waals surface area contributed by atoms with Crippen LogP contribution in [0.5, 0.6) is 5.75 Å². The summed E-state index contributed by atoms with van der Waals surface area (Å²) in [6.45, 7) is 6.37. The average Bonchev–Trinajstić information content (AvgIpc) is 3.29. The van der Waals surface area contributed by atoms with Crippen LogP contribution in [0.4, 0.5) is 4.79 Å². The lowest BCUT2D eigenvalue weighted by atomic mass is 9.90. The van der Waals surface area contributed by atoms with Crippen LogP contribution in [0, 0.1) is 0 Å².